The Bertz CT molecular complexity index is 1260. The average Bonchev–Trinajstić information content (AvgIpc) is 3.29. The first-order chi connectivity index (χ1) is 15.3. The summed E-state index contributed by atoms with van der Waals surface area (Å²) >= 11 is 1.59. The number of nitrogens with zero attached hydrogens (tertiary/aromatic N) is 3. The fourth-order valence-electron chi connectivity index (χ4n) is 3.51. The van der Waals surface area contributed by atoms with Crippen LogP contribution in [0.3, 0.4) is 0 Å². The Morgan fingerprint density at radius 3 is 2.69 bits per heavy atom. The van der Waals surface area contributed by atoms with Crippen LogP contribution in [-0.4, -0.2) is 30.7 Å². The lowest BCUT2D eigenvalue weighted by Gasteiger charge is -2.29. The third kappa shape index (κ3) is 4.26. The van der Waals surface area contributed by atoms with E-state index in [2.05, 4.69) is 9.97 Å². The summed E-state index contributed by atoms with van der Waals surface area (Å²) in [6, 6.07) is 4.97. The molecule has 6 nitrogen and oxygen atoms in total. The second-order valence-electron chi connectivity index (χ2n) is 7.23. The summed E-state index contributed by atoms with van der Waals surface area (Å²) in [5.74, 6) is -5.18. The maximum Gasteiger partial charge on any atom is 0.271 e. The largest absolute Gasteiger partial charge is 0.292 e. The standard InChI is InChI=1S/C21H18F3N3O3S2/c22-14-8-9-15(23)20(19(14)24)32(29,30)27-10-2-6-16-21(27)26-17(12-25-16)18(28)7-1-4-13-5-3-11-31-13/h3,5,8-9,11-12H,1-2,4,6-7,10H2. The maximum atomic E-state index is 14.2. The summed E-state index contributed by atoms with van der Waals surface area (Å²) in [5, 5.41) is 1.95. The van der Waals surface area contributed by atoms with Gasteiger partial charge in [0.05, 0.1) is 11.9 Å². The van der Waals surface area contributed by atoms with Gasteiger partial charge in [-0.3, -0.25) is 9.78 Å². The summed E-state index contributed by atoms with van der Waals surface area (Å²) in [4.78, 5) is 20.7. The molecular formula is C21H18F3N3O3S2. The molecule has 0 radical (unpaired) electrons. The van der Waals surface area contributed by atoms with Crippen molar-refractivity contribution in [2.75, 3.05) is 10.8 Å². The van der Waals surface area contributed by atoms with Gasteiger partial charge in [-0.15, -0.1) is 11.3 Å². The molecule has 0 saturated carbocycles. The van der Waals surface area contributed by atoms with Crippen molar-refractivity contribution in [3.05, 3.63) is 69.6 Å². The Hall–Kier alpha value is -2.79. The molecule has 4 rings (SSSR count). The van der Waals surface area contributed by atoms with E-state index in [4.69, 9.17) is 0 Å². The molecule has 0 aliphatic carbocycles. The molecule has 3 heterocycles. The number of carbonyl (C=O) groups excluding carboxylic acids is 1. The lowest BCUT2D eigenvalue weighted by atomic mass is 10.1. The normalized spacial score (nSPS) is 13.8. The number of hydrogen-bond donors (Lipinski definition) is 0. The molecule has 0 spiro atoms. The molecule has 168 valence electrons. The van der Waals surface area contributed by atoms with Crippen molar-refractivity contribution in [3.8, 4) is 0 Å². The van der Waals surface area contributed by atoms with Crippen molar-refractivity contribution >= 4 is 33.0 Å². The molecule has 1 aliphatic heterocycles. The zero-order chi connectivity index (χ0) is 22.9. The van der Waals surface area contributed by atoms with E-state index in [0.29, 0.717) is 35.7 Å². The van der Waals surface area contributed by atoms with Gasteiger partial charge in [-0.05, 0) is 49.3 Å². The molecule has 32 heavy (non-hydrogen) atoms. The number of aromatic nitrogens is 2. The highest BCUT2D eigenvalue weighted by molar-refractivity contribution is 7.92. The van der Waals surface area contributed by atoms with Crippen molar-refractivity contribution in [1.82, 2.24) is 9.97 Å². The van der Waals surface area contributed by atoms with E-state index in [1.165, 1.54) is 6.20 Å². The highest BCUT2D eigenvalue weighted by atomic mass is 32.2. The molecule has 0 fully saturated rings. The minimum atomic E-state index is -4.82. The molecular weight excluding hydrogens is 463 g/mol. The van der Waals surface area contributed by atoms with E-state index in [1.807, 2.05) is 17.5 Å². The van der Waals surface area contributed by atoms with Gasteiger partial charge in [0.25, 0.3) is 10.0 Å². The summed E-state index contributed by atoms with van der Waals surface area (Å²) in [6.07, 6.45) is 3.49. The van der Waals surface area contributed by atoms with Crippen LogP contribution in [0, 0.1) is 17.5 Å². The van der Waals surface area contributed by atoms with Gasteiger partial charge in [-0.1, -0.05) is 6.07 Å². The van der Waals surface area contributed by atoms with Gasteiger partial charge in [0.2, 0.25) is 0 Å². The summed E-state index contributed by atoms with van der Waals surface area (Å²) in [7, 11) is -4.82. The van der Waals surface area contributed by atoms with E-state index in [9.17, 15) is 26.4 Å². The average molecular weight is 482 g/mol. The first kappa shape index (κ1) is 22.4. The fraction of sp³-hybridized carbons (Fsp3) is 0.286. The third-order valence-corrected chi connectivity index (χ3v) is 7.84. The first-order valence-electron chi connectivity index (χ1n) is 9.87. The molecule has 0 saturated heterocycles. The molecule has 1 aromatic carbocycles. The number of sulfonamides is 1. The number of thiophene rings is 1. The van der Waals surface area contributed by atoms with Gasteiger partial charge >= 0.3 is 0 Å². The van der Waals surface area contributed by atoms with E-state index in [0.717, 1.165) is 11.3 Å². The number of aryl methyl sites for hydroxylation is 2. The van der Waals surface area contributed by atoms with Crippen LogP contribution in [0.25, 0.3) is 0 Å². The smallest absolute Gasteiger partial charge is 0.271 e. The highest BCUT2D eigenvalue weighted by Crippen LogP contribution is 2.32. The number of fused-ring (bicyclic) bond motifs is 1. The SMILES string of the molecule is O=C(CCCc1cccs1)c1cnc2c(n1)N(S(=O)(=O)c1c(F)ccc(F)c1F)CCC2. The van der Waals surface area contributed by atoms with Gasteiger partial charge in [0, 0.05) is 17.8 Å². The number of Topliss-reactive ketones (excluding diaryl/α,β-unsaturated/α-hetero) is 1. The van der Waals surface area contributed by atoms with Gasteiger partial charge < -0.3 is 0 Å². The van der Waals surface area contributed by atoms with E-state index < -0.39 is 32.4 Å². The minimum absolute atomic E-state index is 0.0304. The topological polar surface area (TPSA) is 80.2 Å². The molecule has 11 heteroatoms. The number of rotatable bonds is 7. The molecule has 0 N–H and O–H groups in total. The molecule has 0 amide bonds. The number of ketones is 1. The van der Waals surface area contributed by atoms with Crippen LogP contribution in [-0.2, 0) is 22.9 Å². The van der Waals surface area contributed by atoms with Crippen molar-refractivity contribution in [2.45, 2.75) is 37.0 Å². The second-order valence-corrected chi connectivity index (χ2v) is 10.1. The molecule has 2 aromatic heterocycles. The molecule has 0 unspecified atom stereocenters. The van der Waals surface area contributed by atoms with Crippen LogP contribution in [0.2, 0.25) is 0 Å². The zero-order valence-corrected chi connectivity index (χ0v) is 18.4. The van der Waals surface area contributed by atoms with Gasteiger partial charge in [0.1, 0.15) is 11.5 Å². The van der Waals surface area contributed by atoms with Crippen LogP contribution in [0.5, 0.6) is 0 Å². The van der Waals surface area contributed by atoms with Gasteiger partial charge in [-0.2, -0.15) is 0 Å². The van der Waals surface area contributed by atoms with E-state index in [1.54, 1.807) is 11.3 Å². The molecule has 3 aromatic rings. The van der Waals surface area contributed by atoms with Crippen LogP contribution < -0.4 is 4.31 Å². The van der Waals surface area contributed by atoms with Crippen LogP contribution in [0.15, 0.2) is 40.7 Å². The Kier molecular flexibility index (Phi) is 6.29. The number of hydrogen-bond acceptors (Lipinski definition) is 6. The monoisotopic (exact) mass is 481 g/mol. The van der Waals surface area contributed by atoms with Gasteiger partial charge in [-0.25, -0.2) is 30.9 Å². The Morgan fingerprint density at radius 2 is 1.94 bits per heavy atom. The highest BCUT2D eigenvalue weighted by Gasteiger charge is 2.36. The number of benzene rings is 1. The number of carbonyl (C=O) groups is 1. The van der Waals surface area contributed by atoms with E-state index >= 15 is 0 Å². The maximum absolute atomic E-state index is 14.2. The predicted molar refractivity (Wildman–Crippen MR) is 113 cm³/mol. The molecule has 0 bridgehead atoms. The second kappa shape index (κ2) is 8.99. The van der Waals surface area contributed by atoms with Crippen molar-refractivity contribution in [3.63, 3.8) is 0 Å². The van der Waals surface area contributed by atoms with Crippen LogP contribution in [0.4, 0.5) is 19.0 Å². The summed E-state index contributed by atoms with van der Waals surface area (Å²) in [6.45, 7) is -0.130. The lowest BCUT2D eigenvalue weighted by Crippen LogP contribution is -2.38. The number of halogens is 3. The van der Waals surface area contributed by atoms with Crippen LogP contribution in [0.1, 0.15) is 40.3 Å². The summed E-state index contributed by atoms with van der Waals surface area (Å²) < 4.78 is 68.9. The Balaban J connectivity index is 1.63. The first-order valence-corrected chi connectivity index (χ1v) is 12.2. The summed E-state index contributed by atoms with van der Waals surface area (Å²) in [5.41, 5.74) is 0.254. The van der Waals surface area contributed by atoms with Crippen molar-refractivity contribution in [1.29, 1.82) is 0 Å². The molecule has 1 aliphatic rings. The zero-order valence-electron chi connectivity index (χ0n) is 16.7. The lowest BCUT2D eigenvalue weighted by molar-refractivity contribution is 0.0975. The Morgan fingerprint density at radius 1 is 1.16 bits per heavy atom. The van der Waals surface area contributed by atoms with Crippen molar-refractivity contribution in [2.24, 2.45) is 0 Å². The van der Waals surface area contributed by atoms with E-state index in [-0.39, 0.29) is 36.0 Å². The molecule has 0 atom stereocenters. The van der Waals surface area contributed by atoms with Crippen LogP contribution >= 0.6 is 11.3 Å². The predicted octanol–water partition coefficient (Wildman–Crippen LogP) is 4.30. The minimum Gasteiger partial charge on any atom is -0.292 e. The van der Waals surface area contributed by atoms with Gasteiger partial charge in [0.15, 0.2) is 28.1 Å². The Labute approximate surface area is 186 Å². The number of anilines is 1. The fourth-order valence-corrected chi connectivity index (χ4v) is 5.86. The quantitative estimate of drug-likeness (QED) is 0.371. The van der Waals surface area contributed by atoms with Crippen molar-refractivity contribution < 1.29 is 26.4 Å². The third-order valence-electron chi connectivity index (χ3n) is 5.08.